The van der Waals surface area contributed by atoms with Crippen molar-refractivity contribution in [2.24, 2.45) is 0 Å². The van der Waals surface area contributed by atoms with Crippen LogP contribution in [0.2, 0.25) is 0 Å². The molecule has 0 amide bonds. The van der Waals surface area contributed by atoms with E-state index in [1.165, 1.54) is 11.8 Å². The highest BCUT2D eigenvalue weighted by Gasteiger charge is 2.18. The molecule has 2 aromatic carbocycles. The Labute approximate surface area is 158 Å². The van der Waals surface area contributed by atoms with Gasteiger partial charge in [0.25, 0.3) is 0 Å². The van der Waals surface area contributed by atoms with Gasteiger partial charge in [-0.3, -0.25) is 4.79 Å². The lowest BCUT2D eigenvalue weighted by atomic mass is 10.1. The molecule has 134 valence electrons. The van der Waals surface area contributed by atoms with Crippen molar-refractivity contribution >= 4 is 17.7 Å². The smallest absolute Gasteiger partial charge is 0.316 e. The molecule has 3 aromatic rings. The SMILES string of the molecule is CC(C)(C)OC(=O)CSc1nc(-c2ccccc2)c(-c2ccccc2)[nH]1. The Bertz CT molecular complexity index is 811. The number of aromatic nitrogens is 2. The Kier molecular flexibility index (Phi) is 5.47. The van der Waals surface area contributed by atoms with Crippen molar-refractivity contribution in [3.63, 3.8) is 0 Å². The molecule has 0 radical (unpaired) electrons. The number of ether oxygens (including phenoxy) is 1. The average molecular weight is 366 g/mol. The molecule has 0 aliphatic carbocycles. The highest BCUT2D eigenvalue weighted by Crippen LogP contribution is 2.32. The van der Waals surface area contributed by atoms with Crippen molar-refractivity contribution in [3.05, 3.63) is 60.7 Å². The largest absolute Gasteiger partial charge is 0.459 e. The Hall–Kier alpha value is -2.53. The Balaban J connectivity index is 1.86. The summed E-state index contributed by atoms with van der Waals surface area (Å²) in [6.45, 7) is 5.59. The van der Waals surface area contributed by atoms with Gasteiger partial charge >= 0.3 is 5.97 Å². The molecule has 0 fully saturated rings. The van der Waals surface area contributed by atoms with Crippen LogP contribution in [0, 0.1) is 0 Å². The van der Waals surface area contributed by atoms with Crippen molar-refractivity contribution in [2.75, 3.05) is 5.75 Å². The third kappa shape index (κ3) is 4.76. The van der Waals surface area contributed by atoms with E-state index in [1.54, 1.807) is 0 Å². The van der Waals surface area contributed by atoms with E-state index < -0.39 is 5.60 Å². The number of nitrogens with zero attached hydrogens (tertiary/aromatic N) is 1. The fourth-order valence-corrected chi connectivity index (χ4v) is 3.18. The van der Waals surface area contributed by atoms with Crippen molar-refractivity contribution in [2.45, 2.75) is 31.5 Å². The molecule has 0 unspecified atom stereocenters. The number of imidazole rings is 1. The summed E-state index contributed by atoms with van der Waals surface area (Å²) < 4.78 is 5.36. The predicted octanol–water partition coefficient (Wildman–Crippen LogP) is 5.18. The van der Waals surface area contributed by atoms with Gasteiger partial charge in [-0.25, -0.2) is 4.98 Å². The second kappa shape index (κ2) is 7.79. The molecule has 4 nitrogen and oxygen atoms in total. The van der Waals surface area contributed by atoms with Crippen LogP contribution in [0.1, 0.15) is 20.8 Å². The van der Waals surface area contributed by atoms with Crippen LogP contribution < -0.4 is 0 Å². The first-order chi connectivity index (χ1) is 12.4. The van der Waals surface area contributed by atoms with Gasteiger partial charge in [0.15, 0.2) is 5.16 Å². The first-order valence-electron chi connectivity index (χ1n) is 8.48. The summed E-state index contributed by atoms with van der Waals surface area (Å²) in [7, 11) is 0. The number of carbonyl (C=O) groups is 1. The molecule has 1 heterocycles. The summed E-state index contributed by atoms with van der Waals surface area (Å²) >= 11 is 1.35. The standard InChI is InChI=1S/C21H22N2O2S/c1-21(2,3)25-17(24)14-26-20-22-18(15-10-6-4-7-11-15)19(23-20)16-12-8-5-9-13-16/h4-13H,14H2,1-3H3,(H,22,23). The van der Waals surface area contributed by atoms with Gasteiger partial charge in [-0.1, -0.05) is 72.4 Å². The molecule has 0 aliphatic heterocycles. The lowest BCUT2D eigenvalue weighted by molar-refractivity contribution is -0.151. The predicted molar refractivity (Wildman–Crippen MR) is 106 cm³/mol. The first-order valence-corrected chi connectivity index (χ1v) is 9.46. The minimum absolute atomic E-state index is 0.216. The van der Waals surface area contributed by atoms with Crippen LogP contribution in [-0.4, -0.2) is 27.3 Å². The molecule has 0 atom stereocenters. The van der Waals surface area contributed by atoms with Crippen molar-refractivity contribution in [1.82, 2.24) is 9.97 Å². The van der Waals surface area contributed by atoms with E-state index in [2.05, 4.69) is 4.98 Å². The molecular formula is C21H22N2O2S. The van der Waals surface area contributed by atoms with Crippen LogP contribution in [0.4, 0.5) is 0 Å². The average Bonchev–Trinajstić information content (AvgIpc) is 3.04. The van der Waals surface area contributed by atoms with E-state index >= 15 is 0 Å². The lowest BCUT2D eigenvalue weighted by Gasteiger charge is -2.18. The molecule has 0 spiro atoms. The quantitative estimate of drug-likeness (QED) is 0.499. The summed E-state index contributed by atoms with van der Waals surface area (Å²) in [4.78, 5) is 20.1. The van der Waals surface area contributed by atoms with Crippen LogP contribution in [-0.2, 0) is 9.53 Å². The molecule has 3 rings (SSSR count). The number of hydrogen-bond acceptors (Lipinski definition) is 4. The van der Waals surface area contributed by atoms with E-state index in [0.717, 1.165) is 22.5 Å². The summed E-state index contributed by atoms with van der Waals surface area (Å²) in [5.41, 5.74) is 3.44. The van der Waals surface area contributed by atoms with E-state index in [4.69, 9.17) is 9.72 Å². The van der Waals surface area contributed by atoms with Crippen molar-refractivity contribution < 1.29 is 9.53 Å². The second-order valence-corrected chi connectivity index (χ2v) is 7.84. The van der Waals surface area contributed by atoms with Gasteiger partial charge in [-0.05, 0) is 20.8 Å². The summed E-state index contributed by atoms with van der Waals surface area (Å²) in [6, 6.07) is 20.1. The number of rotatable bonds is 5. The Morgan fingerprint density at radius 3 is 2.15 bits per heavy atom. The van der Waals surface area contributed by atoms with Crippen LogP contribution in [0.25, 0.3) is 22.5 Å². The maximum absolute atomic E-state index is 12.0. The molecule has 0 aliphatic rings. The third-order valence-electron chi connectivity index (χ3n) is 3.54. The molecule has 0 saturated carbocycles. The zero-order valence-corrected chi connectivity index (χ0v) is 16.0. The number of aromatic amines is 1. The van der Waals surface area contributed by atoms with Gasteiger partial charge in [0, 0.05) is 11.1 Å². The van der Waals surface area contributed by atoms with Crippen LogP contribution in [0.15, 0.2) is 65.8 Å². The fourth-order valence-electron chi connectivity index (χ4n) is 2.54. The van der Waals surface area contributed by atoms with E-state index in [1.807, 2.05) is 81.4 Å². The summed E-state index contributed by atoms with van der Waals surface area (Å²) in [6.07, 6.45) is 0. The monoisotopic (exact) mass is 366 g/mol. The number of H-pyrrole nitrogens is 1. The van der Waals surface area contributed by atoms with Crippen LogP contribution in [0.3, 0.4) is 0 Å². The van der Waals surface area contributed by atoms with E-state index in [0.29, 0.717) is 5.16 Å². The first kappa shape index (κ1) is 18.3. The van der Waals surface area contributed by atoms with Crippen LogP contribution >= 0.6 is 11.8 Å². The van der Waals surface area contributed by atoms with Gasteiger partial charge in [0.1, 0.15) is 5.60 Å². The Morgan fingerprint density at radius 2 is 1.58 bits per heavy atom. The van der Waals surface area contributed by atoms with Gasteiger partial charge in [0.05, 0.1) is 17.1 Å². The topological polar surface area (TPSA) is 55.0 Å². The van der Waals surface area contributed by atoms with E-state index in [9.17, 15) is 4.79 Å². The third-order valence-corrected chi connectivity index (χ3v) is 4.39. The van der Waals surface area contributed by atoms with Crippen molar-refractivity contribution in [3.8, 4) is 22.5 Å². The lowest BCUT2D eigenvalue weighted by Crippen LogP contribution is -2.24. The number of esters is 1. The van der Waals surface area contributed by atoms with Gasteiger partial charge in [-0.2, -0.15) is 0 Å². The molecule has 1 aromatic heterocycles. The minimum atomic E-state index is -0.481. The molecular weight excluding hydrogens is 344 g/mol. The number of nitrogens with one attached hydrogen (secondary N) is 1. The second-order valence-electron chi connectivity index (χ2n) is 6.87. The number of benzene rings is 2. The fraction of sp³-hybridized carbons (Fsp3) is 0.238. The summed E-state index contributed by atoms with van der Waals surface area (Å²) in [5, 5.41) is 0.702. The number of thioether (sulfide) groups is 1. The zero-order valence-electron chi connectivity index (χ0n) is 15.2. The van der Waals surface area contributed by atoms with E-state index in [-0.39, 0.29) is 11.7 Å². The molecule has 1 N–H and O–H groups in total. The van der Waals surface area contributed by atoms with Crippen LogP contribution in [0.5, 0.6) is 0 Å². The minimum Gasteiger partial charge on any atom is -0.459 e. The molecule has 0 bridgehead atoms. The molecule has 0 saturated heterocycles. The normalized spacial score (nSPS) is 11.3. The maximum Gasteiger partial charge on any atom is 0.316 e. The highest BCUT2D eigenvalue weighted by atomic mass is 32.2. The zero-order chi connectivity index (χ0) is 18.6. The Morgan fingerprint density at radius 1 is 1.00 bits per heavy atom. The van der Waals surface area contributed by atoms with Gasteiger partial charge < -0.3 is 9.72 Å². The van der Waals surface area contributed by atoms with Gasteiger partial charge in [0.2, 0.25) is 0 Å². The van der Waals surface area contributed by atoms with Crippen molar-refractivity contribution in [1.29, 1.82) is 0 Å². The maximum atomic E-state index is 12.0. The van der Waals surface area contributed by atoms with Gasteiger partial charge in [-0.15, -0.1) is 0 Å². The summed E-state index contributed by atoms with van der Waals surface area (Å²) in [5.74, 6) is -0.0332. The number of hydrogen-bond donors (Lipinski definition) is 1. The number of carbonyl (C=O) groups excluding carboxylic acids is 1. The molecule has 5 heteroatoms. The molecule has 26 heavy (non-hydrogen) atoms. The highest BCUT2D eigenvalue weighted by molar-refractivity contribution is 7.99.